The Bertz CT molecular complexity index is 1050. The van der Waals surface area contributed by atoms with Crippen LogP contribution in [0, 0.1) is 17.5 Å². The highest BCUT2D eigenvalue weighted by molar-refractivity contribution is 6.30. The fourth-order valence-corrected chi connectivity index (χ4v) is 4.12. The Morgan fingerprint density at radius 2 is 1.66 bits per heavy atom. The zero-order valence-electron chi connectivity index (χ0n) is 17.3. The van der Waals surface area contributed by atoms with Crippen molar-refractivity contribution in [2.45, 2.75) is 31.3 Å². The lowest BCUT2D eigenvalue weighted by Gasteiger charge is -2.44. The molecule has 1 aliphatic rings. The molecule has 0 aromatic heterocycles. The number of ether oxygens (including phenoxy) is 2. The second-order valence-electron chi connectivity index (χ2n) is 7.76. The molecular formula is C25H23ClF3NO2. The van der Waals surface area contributed by atoms with Crippen LogP contribution in [0.25, 0.3) is 0 Å². The Balaban J connectivity index is 1.63. The maximum atomic E-state index is 14.2. The summed E-state index contributed by atoms with van der Waals surface area (Å²) in [6.45, 7) is 1.27. The molecule has 1 aliphatic heterocycles. The highest BCUT2D eigenvalue weighted by Gasteiger charge is 2.44. The van der Waals surface area contributed by atoms with Crippen molar-refractivity contribution >= 4 is 11.6 Å². The lowest BCUT2D eigenvalue weighted by atomic mass is 9.82. The molecule has 1 saturated heterocycles. The van der Waals surface area contributed by atoms with Crippen LogP contribution >= 0.6 is 11.6 Å². The van der Waals surface area contributed by atoms with Gasteiger partial charge in [0, 0.05) is 17.1 Å². The van der Waals surface area contributed by atoms with Crippen LogP contribution in [0.4, 0.5) is 13.2 Å². The molecule has 2 unspecified atom stereocenters. The van der Waals surface area contributed by atoms with E-state index in [1.165, 1.54) is 6.07 Å². The number of nitrogens with one attached hydrogen (secondary N) is 1. The maximum Gasteiger partial charge on any atom is 0.194 e. The number of halogens is 4. The predicted molar refractivity (Wildman–Crippen MR) is 117 cm³/mol. The van der Waals surface area contributed by atoms with Crippen molar-refractivity contribution in [2.75, 3.05) is 13.1 Å². The van der Waals surface area contributed by atoms with E-state index in [1.54, 1.807) is 12.1 Å². The van der Waals surface area contributed by atoms with E-state index in [2.05, 4.69) is 5.32 Å². The van der Waals surface area contributed by atoms with Crippen molar-refractivity contribution < 1.29 is 22.6 Å². The van der Waals surface area contributed by atoms with Gasteiger partial charge in [0.2, 0.25) is 0 Å². The van der Waals surface area contributed by atoms with Gasteiger partial charge in [-0.1, -0.05) is 60.1 Å². The highest BCUT2D eigenvalue weighted by Crippen LogP contribution is 2.38. The predicted octanol–water partition coefficient (Wildman–Crippen LogP) is 5.75. The monoisotopic (exact) mass is 461 g/mol. The molecule has 7 heteroatoms. The van der Waals surface area contributed by atoms with Gasteiger partial charge >= 0.3 is 0 Å². The van der Waals surface area contributed by atoms with Crippen LogP contribution < -0.4 is 5.32 Å². The summed E-state index contributed by atoms with van der Waals surface area (Å²) in [4.78, 5) is 0. The smallest absolute Gasteiger partial charge is 0.194 e. The average molecular weight is 462 g/mol. The Kier molecular flexibility index (Phi) is 7.16. The van der Waals surface area contributed by atoms with Gasteiger partial charge in [0.25, 0.3) is 0 Å². The first kappa shape index (κ1) is 22.8. The minimum Gasteiger partial charge on any atom is -0.369 e. The van der Waals surface area contributed by atoms with Crippen molar-refractivity contribution in [3.05, 3.63) is 106 Å². The Morgan fingerprint density at radius 3 is 2.41 bits per heavy atom. The third-order valence-corrected chi connectivity index (χ3v) is 6.00. The maximum absolute atomic E-state index is 14.2. The molecule has 0 saturated carbocycles. The van der Waals surface area contributed by atoms with Crippen molar-refractivity contribution in [2.24, 2.45) is 0 Å². The molecule has 168 valence electrons. The summed E-state index contributed by atoms with van der Waals surface area (Å²) < 4.78 is 53.8. The Labute approximate surface area is 190 Å². The third-order valence-electron chi connectivity index (χ3n) is 5.75. The summed E-state index contributed by atoms with van der Waals surface area (Å²) in [5.74, 6) is -3.97. The van der Waals surface area contributed by atoms with Crippen LogP contribution in [0.5, 0.6) is 0 Å². The largest absolute Gasteiger partial charge is 0.369 e. The van der Waals surface area contributed by atoms with Crippen molar-refractivity contribution in [1.82, 2.24) is 5.32 Å². The van der Waals surface area contributed by atoms with Gasteiger partial charge in [-0.15, -0.1) is 0 Å². The van der Waals surface area contributed by atoms with Crippen LogP contribution in [0.2, 0.25) is 5.02 Å². The van der Waals surface area contributed by atoms with E-state index in [0.29, 0.717) is 31.1 Å². The first-order chi connectivity index (χ1) is 15.5. The summed E-state index contributed by atoms with van der Waals surface area (Å²) in [5, 5.41) is 3.88. The second kappa shape index (κ2) is 10.0. The van der Waals surface area contributed by atoms with Crippen molar-refractivity contribution in [3.8, 4) is 0 Å². The topological polar surface area (TPSA) is 30.5 Å². The van der Waals surface area contributed by atoms with Gasteiger partial charge in [0.1, 0.15) is 11.7 Å². The minimum absolute atomic E-state index is 0.0532. The Morgan fingerprint density at radius 1 is 0.906 bits per heavy atom. The molecule has 3 aromatic rings. The van der Waals surface area contributed by atoms with Gasteiger partial charge < -0.3 is 14.8 Å². The quantitative estimate of drug-likeness (QED) is 0.454. The van der Waals surface area contributed by atoms with Crippen LogP contribution in [-0.4, -0.2) is 19.2 Å². The highest BCUT2D eigenvalue weighted by atomic mass is 35.5. The molecule has 3 nitrogen and oxygen atoms in total. The zero-order valence-corrected chi connectivity index (χ0v) is 18.0. The van der Waals surface area contributed by atoms with Crippen LogP contribution in [0.1, 0.15) is 23.1 Å². The Hall–Kier alpha value is -2.38. The van der Waals surface area contributed by atoms with E-state index >= 15 is 0 Å². The summed E-state index contributed by atoms with van der Waals surface area (Å²) in [5.41, 5.74) is 1.00. The van der Waals surface area contributed by atoms with Gasteiger partial charge in [-0.05, 0) is 42.3 Å². The number of rotatable bonds is 7. The average Bonchev–Trinajstić information content (AvgIpc) is 2.82. The number of hydrogen-bond donors (Lipinski definition) is 1. The molecule has 0 spiro atoms. The normalized spacial score (nSPS) is 20.9. The SMILES string of the molecule is Fc1ccc(COC2CNCCC2(OCc2ccccc2)c2ccc(Cl)cc2)c(F)c1F. The number of piperidine rings is 1. The first-order valence-corrected chi connectivity index (χ1v) is 10.8. The molecule has 0 aliphatic carbocycles. The molecular weight excluding hydrogens is 439 g/mol. The van der Waals surface area contributed by atoms with E-state index in [9.17, 15) is 13.2 Å². The fraction of sp³-hybridized carbons (Fsp3) is 0.280. The van der Waals surface area contributed by atoms with Gasteiger partial charge in [0.15, 0.2) is 17.5 Å². The number of benzene rings is 3. The van der Waals surface area contributed by atoms with Crippen LogP contribution in [0.3, 0.4) is 0 Å². The summed E-state index contributed by atoms with van der Waals surface area (Å²) in [6.07, 6.45) is 0.0977. The van der Waals surface area contributed by atoms with Crippen molar-refractivity contribution in [1.29, 1.82) is 0 Å². The molecule has 0 bridgehead atoms. The first-order valence-electron chi connectivity index (χ1n) is 10.4. The molecule has 32 heavy (non-hydrogen) atoms. The molecule has 1 fully saturated rings. The summed E-state index contributed by atoms with van der Waals surface area (Å²) in [7, 11) is 0. The third kappa shape index (κ3) is 4.84. The molecule has 4 rings (SSSR count). The fourth-order valence-electron chi connectivity index (χ4n) is 3.99. The van der Waals surface area contributed by atoms with Gasteiger partial charge in [-0.2, -0.15) is 0 Å². The van der Waals surface area contributed by atoms with Gasteiger partial charge in [-0.3, -0.25) is 0 Å². The van der Waals surface area contributed by atoms with Crippen LogP contribution in [-0.2, 0) is 28.3 Å². The summed E-state index contributed by atoms with van der Waals surface area (Å²) in [6, 6.07) is 19.2. The molecule has 1 N–H and O–H groups in total. The van der Waals surface area contributed by atoms with Crippen LogP contribution in [0.15, 0.2) is 66.7 Å². The van der Waals surface area contributed by atoms with E-state index in [4.69, 9.17) is 21.1 Å². The molecule has 2 atom stereocenters. The molecule has 0 amide bonds. The van der Waals surface area contributed by atoms with Gasteiger partial charge in [0.05, 0.1) is 13.2 Å². The van der Waals surface area contributed by atoms with Crippen molar-refractivity contribution in [3.63, 3.8) is 0 Å². The minimum atomic E-state index is -1.50. The number of hydrogen-bond acceptors (Lipinski definition) is 3. The van der Waals surface area contributed by atoms with E-state index < -0.39 is 29.2 Å². The zero-order chi connectivity index (χ0) is 22.6. The lowest BCUT2D eigenvalue weighted by Crippen LogP contribution is -2.54. The standard InChI is InChI=1S/C25H23ClF3NO2/c26-20-9-7-19(8-10-20)25(32-15-17-4-2-1-3-5-17)12-13-30-14-22(25)31-16-18-6-11-21(27)24(29)23(18)28/h1-11,22,30H,12-16H2. The molecule has 0 radical (unpaired) electrons. The second-order valence-corrected chi connectivity index (χ2v) is 8.20. The molecule has 1 heterocycles. The van der Waals surface area contributed by atoms with Gasteiger partial charge in [-0.25, -0.2) is 13.2 Å². The molecule has 3 aromatic carbocycles. The van der Waals surface area contributed by atoms with E-state index in [0.717, 1.165) is 17.2 Å². The van der Waals surface area contributed by atoms with E-state index in [1.807, 2.05) is 42.5 Å². The lowest BCUT2D eigenvalue weighted by molar-refractivity contribution is -0.176. The van der Waals surface area contributed by atoms with E-state index in [-0.39, 0.29) is 12.2 Å². The summed E-state index contributed by atoms with van der Waals surface area (Å²) >= 11 is 6.10.